The summed E-state index contributed by atoms with van der Waals surface area (Å²) in [4.78, 5) is 17.3. The van der Waals surface area contributed by atoms with Gasteiger partial charge in [-0.3, -0.25) is 0 Å². The van der Waals surface area contributed by atoms with Crippen LogP contribution in [0.2, 0.25) is 0 Å². The van der Waals surface area contributed by atoms with Gasteiger partial charge in [0.15, 0.2) is 17.5 Å². The average molecular weight is 630 g/mol. The van der Waals surface area contributed by atoms with Crippen LogP contribution in [0.3, 0.4) is 0 Å². The molecule has 0 saturated carbocycles. The molecule has 5 nitrogen and oxygen atoms in total. The molecule has 1 aliphatic heterocycles. The van der Waals surface area contributed by atoms with E-state index in [2.05, 4.69) is 125 Å². The summed E-state index contributed by atoms with van der Waals surface area (Å²) in [5, 5.41) is 5.99. The predicted octanol–water partition coefficient (Wildman–Crippen LogP) is 11.0. The molecular formula is C44H31N5. The van der Waals surface area contributed by atoms with Gasteiger partial charge in [-0.1, -0.05) is 146 Å². The molecule has 232 valence electrons. The minimum Gasteiger partial charge on any atom is -0.359 e. The van der Waals surface area contributed by atoms with Gasteiger partial charge in [0.1, 0.15) is 6.17 Å². The van der Waals surface area contributed by atoms with Crippen molar-refractivity contribution < 1.29 is 0 Å². The van der Waals surface area contributed by atoms with Gasteiger partial charge in [-0.15, -0.1) is 0 Å². The lowest BCUT2D eigenvalue weighted by Gasteiger charge is -2.27. The van der Waals surface area contributed by atoms with Gasteiger partial charge in [-0.25, -0.2) is 15.0 Å². The Balaban J connectivity index is 1.12. The molecule has 0 amide bonds. The number of nitrogens with one attached hydrogen (secondary N) is 1. The third-order valence-corrected chi connectivity index (χ3v) is 9.15. The minimum absolute atomic E-state index is 0.0190. The third-order valence-electron chi connectivity index (χ3n) is 9.15. The van der Waals surface area contributed by atoms with Crippen LogP contribution in [0.15, 0.2) is 176 Å². The summed E-state index contributed by atoms with van der Waals surface area (Å²) in [6, 6.07) is 61.1. The number of benzene rings is 7. The second-order valence-corrected chi connectivity index (χ2v) is 12.1. The number of rotatable bonds is 6. The number of hydrogen-bond acceptors (Lipinski definition) is 5. The summed E-state index contributed by atoms with van der Waals surface area (Å²) >= 11 is 0. The van der Waals surface area contributed by atoms with E-state index in [1.54, 1.807) is 0 Å². The van der Waals surface area contributed by atoms with Crippen LogP contribution in [-0.2, 0) is 0 Å². The molecule has 9 rings (SSSR count). The van der Waals surface area contributed by atoms with Gasteiger partial charge in [0.05, 0.1) is 11.4 Å². The molecule has 8 aromatic rings. The first-order valence-corrected chi connectivity index (χ1v) is 16.5. The lowest BCUT2D eigenvalue weighted by atomic mass is 9.94. The van der Waals surface area contributed by atoms with E-state index in [4.69, 9.17) is 15.0 Å². The van der Waals surface area contributed by atoms with Crippen molar-refractivity contribution in [2.75, 3.05) is 10.2 Å². The molecule has 5 heteroatoms. The summed E-state index contributed by atoms with van der Waals surface area (Å²) in [7, 11) is 0. The Hall–Kier alpha value is -6.59. The Kier molecular flexibility index (Phi) is 7.13. The highest BCUT2D eigenvalue weighted by Crippen LogP contribution is 2.46. The molecular weight excluding hydrogens is 599 g/mol. The Morgan fingerprint density at radius 2 is 0.918 bits per heavy atom. The largest absolute Gasteiger partial charge is 0.359 e. The van der Waals surface area contributed by atoms with E-state index in [9.17, 15) is 0 Å². The van der Waals surface area contributed by atoms with Crippen molar-refractivity contribution in [3.8, 4) is 45.3 Å². The van der Waals surface area contributed by atoms with Gasteiger partial charge < -0.3 is 10.2 Å². The normalized spacial score (nSPS) is 13.6. The maximum absolute atomic E-state index is 5.02. The average Bonchev–Trinajstić information content (AvgIpc) is 3.58. The number of hydrogen-bond donors (Lipinski definition) is 1. The van der Waals surface area contributed by atoms with Gasteiger partial charge in [-0.2, -0.15) is 0 Å². The fourth-order valence-electron chi connectivity index (χ4n) is 6.79. The van der Waals surface area contributed by atoms with Gasteiger partial charge in [0, 0.05) is 22.4 Å². The van der Waals surface area contributed by atoms with Crippen molar-refractivity contribution in [2.45, 2.75) is 6.17 Å². The molecule has 0 bridgehead atoms. The van der Waals surface area contributed by atoms with Crippen molar-refractivity contribution in [3.05, 3.63) is 181 Å². The first-order valence-electron chi connectivity index (χ1n) is 16.5. The first-order chi connectivity index (χ1) is 24.3. The molecule has 0 fully saturated rings. The van der Waals surface area contributed by atoms with Crippen molar-refractivity contribution in [3.63, 3.8) is 0 Å². The molecule has 0 saturated heterocycles. The number of nitrogens with zero attached hydrogens (tertiary/aromatic N) is 4. The lowest BCUT2D eigenvalue weighted by molar-refractivity contribution is 0.828. The van der Waals surface area contributed by atoms with E-state index < -0.39 is 0 Å². The SMILES string of the molecule is c1ccc(-c2nc(-c3ccccc3)nc(-c3ccc(-c4ccc(C5Nc6ccccc6N5c5ccccc5)cc4)c4ccccc34)n2)cc1. The van der Waals surface area contributed by atoms with Crippen LogP contribution in [0.25, 0.3) is 56.1 Å². The summed E-state index contributed by atoms with van der Waals surface area (Å²) in [5.41, 5.74) is 9.84. The second kappa shape index (κ2) is 12.2. The summed E-state index contributed by atoms with van der Waals surface area (Å²) < 4.78 is 0. The van der Waals surface area contributed by atoms with Crippen molar-refractivity contribution in [2.24, 2.45) is 0 Å². The zero-order valence-corrected chi connectivity index (χ0v) is 26.6. The fourth-order valence-corrected chi connectivity index (χ4v) is 6.79. The van der Waals surface area contributed by atoms with E-state index >= 15 is 0 Å². The molecule has 7 aromatic carbocycles. The molecule has 2 heterocycles. The van der Waals surface area contributed by atoms with Crippen molar-refractivity contribution >= 4 is 27.8 Å². The first kappa shape index (κ1) is 28.6. The van der Waals surface area contributed by atoms with E-state index in [1.165, 1.54) is 11.3 Å². The van der Waals surface area contributed by atoms with Crippen molar-refractivity contribution in [1.82, 2.24) is 15.0 Å². The fraction of sp³-hybridized carbons (Fsp3) is 0.0227. The van der Waals surface area contributed by atoms with E-state index in [0.717, 1.165) is 50.0 Å². The number of fused-ring (bicyclic) bond motifs is 2. The quantitative estimate of drug-likeness (QED) is 0.198. The van der Waals surface area contributed by atoms with Gasteiger partial charge >= 0.3 is 0 Å². The molecule has 0 aliphatic carbocycles. The highest BCUT2D eigenvalue weighted by atomic mass is 15.3. The van der Waals surface area contributed by atoms with E-state index in [0.29, 0.717) is 17.5 Å². The lowest BCUT2D eigenvalue weighted by Crippen LogP contribution is -2.23. The van der Waals surface area contributed by atoms with Crippen LogP contribution in [0.5, 0.6) is 0 Å². The predicted molar refractivity (Wildman–Crippen MR) is 200 cm³/mol. The molecule has 1 unspecified atom stereocenters. The number of anilines is 3. The smallest absolute Gasteiger partial charge is 0.164 e. The summed E-state index contributed by atoms with van der Waals surface area (Å²) in [5.74, 6) is 1.96. The van der Waals surface area contributed by atoms with Crippen LogP contribution in [0.4, 0.5) is 17.1 Å². The molecule has 1 N–H and O–H groups in total. The molecule has 1 aromatic heterocycles. The Morgan fingerprint density at radius 1 is 0.408 bits per heavy atom. The van der Waals surface area contributed by atoms with E-state index in [1.807, 2.05) is 60.7 Å². The maximum Gasteiger partial charge on any atom is 0.164 e. The Morgan fingerprint density at radius 3 is 1.57 bits per heavy atom. The summed E-state index contributed by atoms with van der Waals surface area (Å²) in [6.45, 7) is 0. The third kappa shape index (κ3) is 5.28. The van der Waals surface area contributed by atoms with E-state index in [-0.39, 0.29) is 6.17 Å². The van der Waals surface area contributed by atoms with Crippen LogP contribution < -0.4 is 10.2 Å². The monoisotopic (exact) mass is 629 g/mol. The molecule has 1 aliphatic rings. The van der Waals surface area contributed by atoms with Crippen LogP contribution in [0.1, 0.15) is 11.7 Å². The van der Waals surface area contributed by atoms with Crippen LogP contribution >= 0.6 is 0 Å². The molecule has 0 radical (unpaired) electrons. The minimum atomic E-state index is -0.0190. The van der Waals surface area contributed by atoms with Gasteiger partial charge in [0.2, 0.25) is 0 Å². The van der Waals surface area contributed by atoms with Gasteiger partial charge in [0.25, 0.3) is 0 Å². The Bertz CT molecular complexity index is 2350. The zero-order chi connectivity index (χ0) is 32.6. The standard InChI is InChI=1S/C44H31N5/c1-4-14-31(15-5-1)41-46-42(32-16-6-2-7-17-32)48-43(47-41)38-29-28-35(36-20-10-11-21-37(36)38)30-24-26-33(27-25-30)44-45-39-22-12-13-23-40(39)49(44)34-18-8-3-9-19-34/h1-29,44-45H. The maximum atomic E-state index is 5.02. The molecule has 0 spiro atoms. The Labute approximate surface area is 285 Å². The van der Waals surface area contributed by atoms with Crippen molar-refractivity contribution in [1.29, 1.82) is 0 Å². The molecule has 1 atom stereocenters. The number of para-hydroxylation sites is 3. The second-order valence-electron chi connectivity index (χ2n) is 12.1. The highest BCUT2D eigenvalue weighted by molar-refractivity contribution is 6.04. The summed E-state index contributed by atoms with van der Waals surface area (Å²) in [6.07, 6.45) is -0.0190. The van der Waals surface area contributed by atoms with Gasteiger partial charge in [-0.05, 0) is 57.8 Å². The van der Waals surface area contributed by atoms with Crippen LogP contribution in [0, 0.1) is 0 Å². The highest BCUT2D eigenvalue weighted by Gasteiger charge is 2.30. The number of aromatic nitrogens is 3. The van der Waals surface area contributed by atoms with Crippen LogP contribution in [-0.4, -0.2) is 15.0 Å². The zero-order valence-electron chi connectivity index (χ0n) is 26.6. The topological polar surface area (TPSA) is 53.9 Å². The molecule has 49 heavy (non-hydrogen) atoms.